The van der Waals surface area contributed by atoms with Crippen LogP contribution < -0.4 is 10.5 Å². The molecule has 0 aliphatic heterocycles. The van der Waals surface area contributed by atoms with Gasteiger partial charge in [-0.1, -0.05) is 0 Å². The first-order valence-corrected chi connectivity index (χ1v) is 6.39. The molecule has 0 aliphatic carbocycles. The smallest absolute Gasteiger partial charge is 0.344 e. The van der Waals surface area contributed by atoms with Gasteiger partial charge in [-0.3, -0.25) is 4.79 Å². The van der Waals surface area contributed by atoms with E-state index in [-0.39, 0.29) is 19.0 Å². The minimum Gasteiger partial charge on any atom is -0.482 e. The van der Waals surface area contributed by atoms with Gasteiger partial charge in [-0.05, 0) is 32.0 Å². The maximum Gasteiger partial charge on any atom is 0.344 e. The van der Waals surface area contributed by atoms with E-state index < -0.39 is 5.97 Å². The van der Waals surface area contributed by atoms with E-state index in [1.165, 1.54) is 0 Å². The van der Waals surface area contributed by atoms with Gasteiger partial charge in [0.25, 0.3) is 0 Å². The van der Waals surface area contributed by atoms with Crippen molar-refractivity contribution in [2.45, 2.75) is 20.3 Å². The molecule has 0 saturated heterocycles. The maximum absolute atomic E-state index is 11.5. The summed E-state index contributed by atoms with van der Waals surface area (Å²) in [5.74, 6) is -0.425. The largest absolute Gasteiger partial charge is 0.482 e. The molecule has 20 heavy (non-hydrogen) atoms. The third-order valence-corrected chi connectivity index (χ3v) is 2.38. The molecule has 0 aromatic heterocycles. The Labute approximate surface area is 117 Å². The lowest BCUT2D eigenvalue weighted by atomic mass is 10.1. The van der Waals surface area contributed by atoms with Gasteiger partial charge < -0.3 is 19.9 Å². The third-order valence-electron chi connectivity index (χ3n) is 2.38. The normalized spacial score (nSPS) is 9.90. The van der Waals surface area contributed by atoms with E-state index in [9.17, 15) is 9.59 Å². The predicted molar refractivity (Wildman–Crippen MR) is 73.3 cm³/mol. The maximum atomic E-state index is 11.5. The van der Waals surface area contributed by atoms with Gasteiger partial charge in [0.2, 0.25) is 0 Å². The third kappa shape index (κ3) is 5.17. The lowest BCUT2D eigenvalue weighted by Gasteiger charge is -2.11. The number of nitrogen functional groups attached to an aromatic ring is 1. The summed E-state index contributed by atoms with van der Waals surface area (Å²) in [6.07, 6.45) is 0.0387. The second-order valence-electron chi connectivity index (χ2n) is 3.94. The zero-order valence-electron chi connectivity index (χ0n) is 11.7. The molecule has 0 atom stereocenters. The fourth-order valence-electron chi connectivity index (χ4n) is 1.59. The number of benzene rings is 1. The first-order valence-electron chi connectivity index (χ1n) is 6.39. The highest BCUT2D eigenvalue weighted by Gasteiger charge is 2.12. The highest BCUT2D eigenvalue weighted by atomic mass is 16.6. The summed E-state index contributed by atoms with van der Waals surface area (Å²) < 4.78 is 15.0. The Morgan fingerprint density at radius 2 is 1.75 bits per heavy atom. The van der Waals surface area contributed by atoms with Crippen molar-refractivity contribution in [2.24, 2.45) is 0 Å². The average Bonchev–Trinajstić information content (AvgIpc) is 2.38. The fourth-order valence-corrected chi connectivity index (χ4v) is 1.59. The van der Waals surface area contributed by atoms with E-state index in [4.69, 9.17) is 19.9 Å². The Morgan fingerprint density at radius 3 is 2.40 bits per heavy atom. The van der Waals surface area contributed by atoms with Crippen molar-refractivity contribution in [2.75, 3.05) is 25.6 Å². The number of rotatable bonds is 7. The molecule has 0 radical (unpaired) electrons. The van der Waals surface area contributed by atoms with Gasteiger partial charge in [-0.15, -0.1) is 0 Å². The number of ether oxygens (including phenoxy) is 3. The predicted octanol–water partition coefficient (Wildman–Crippen LogP) is 1.32. The molecule has 0 unspecified atom stereocenters. The fraction of sp³-hybridized carbons (Fsp3) is 0.429. The number of carbonyl (C=O) groups excluding carboxylic acids is 2. The molecule has 110 valence electrons. The van der Waals surface area contributed by atoms with Crippen LogP contribution in [0.3, 0.4) is 0 Å². The van der Waals surface area contributed by atoms with E-state index in [1.807, 2.05) is 0 Å². The van der Waals surface area contributed by atoms with Gasteiger partial charge in [0.1, 0.15) is 5.75 Å². The molecular formula is C14H19NO5. The van der Waals surface area contributed by atoms with Crippen LogP contribution in [0.2, 0.25) is 0 Å². The van der Waals surface area contributed by atoms with Crippen LogP contribution >= 0.6 is 0 Å². The molecule has 2 N–H and O–H groups in total. The molecule has 0 amide bonds. The van der Waals surface area contributed by atoms with Crippen LogP contribution in [0, 0.1) is 0 Å². The van der Waals surface area contributed by atoms with Gasteiger partial charge in [0, 0.05) is 11.3 Å². The summed E-state index contributed by atoms with van der Waals surface area (Å²) >= 11 is 0. The molecule has 0 heterocycles. The zero-order valence-corrected chi connectivity index (χ0v) is 11.7. The quantitative estimate of drug-likeness (QED) is 0.599. The second kappa shape index (κ2) is 8.04. The van der Waals surface area contributed by atoms with Crippen LogP contribution in [0.4, 0.5) is 5.69 Å². The highest BCUT2D eigenvalue weighted by Crippen LogP contribution is 2.22. The Balaban J connectivity index is 2.74. The number of anilines is 1. The van der Waals surface area contributed by atoms with Crippen molar-refractivity contribution in [3.05, 3.63) is 23.8 Å². The Kier molecular flexibility index (Phi) is 6.36. The summed E-state index contributed by atoms with van der Waals surface area (Å²) in [5, 5.41) is 0. The molecule has 1 rings (SSSR count). The number of esters is 2. The van der Waals surface area contributed by atoms with Gasteiger partial charge in [-0.2, -0.15) is 0 Å². The Hall–Kier alpha value is -2.24. The van der Waals surface area contributed by atoms with Crippen molar-refractivity contribution in [1.29, 1.82) is 0 Å². The minimum absolute atomic E-state index is 0.0387. The lowest BCUT2D eigenvalue weighted by Crippen LogP contribution is -2.16. The molecule has 6 heteroatoms. The van der Waals surface area contributed by atoms with Crippen molar-refractivity contribution < 1.29 is 23.8 Å². The number of hydrogen-bond acceptors (Lipinski definition) is 6. The summed E-state index contributed by atoms with van der Waals surface area (Å²) in [6, 6.07) is 4.87. The molecule has 0 fully saturated rings. The number of nitrogens with two attached hydrogens (primary N) is 1. The number of hydrogen-bond donors (Lipinski definition) is 1. The highest BCUT2D eigenvalue weighted by molar-refractivity contribution is 5.75. The first kappa shape index (κ1) is 15.8. The Bertz CT molecular complexity index is 473. The Morgan fingerprint density at radius 1 is 1.10 bits per heavy atom. The molecular weight excluding hydrogens is 262 g/mol. The van der Waals surface area contributed by atoms with E-state index in [0.717, 1.165) is 0 Å². The van der Waals surface area contributed by atoms with Crippen molar-refractivity contribution in [3.8, 4) is 5.75 Å². The van der Waals surface area contributed by atoms with E-state index in [1.54, 1.807) is 32.0 Å². The average molecular weight is 281 g/mol. The molecule has 1 aromatic carbocycles. The van der Waals surface area contributed by atoms with E-state index in [0.29, 0.717) is 30.2 Å². The molecule has 0 bridgehead atoms. The van der Waals surface area contributed by atoms with Gasteiger partial charge in [0.15, 0.2) is 6.61 Å². The van der Waals surface area contributed by atoms with E-state index in [2.05, 4.69) is 0 Å². The van der Waals surface area contributed by atoms with Crippen LogP contribution in [-0.4, -0.2) is 31.8 Å². The summed E-state index contributed by atoms with van der Waals surface area (Å²) in [5.41, 5.74) is 6.77. The summed E-state index contributed by atoms with van der Waals surface area (Å²) in [4.78, 5) is 22.8. The van der Waals surface area contributed by atoms with Crippen molar-refractivity contribution >= 4 is 17.6 Å². The van der Waals surface area contributed by atoms with Crippen molar-refractivity contribution in [3.63, 3.8) is 0 Å². The van der Waals surface area contributed by atoms with E-state index >= 15 is 0 Å². The molecule has 6 nitrogen and oxygen atoms in total. The second-order valence-corrected chi connectivity index (χ2v) is 3.94. The molecule has 1 aromatic rings. The number of carbonyl (C=O) groups is 2. The summed E-state index contributed by atoms with van der Waals surface area (Å²) in [6.45, 7) is 3.83. The topological polar surface area (TPSA) is 87.9 Å². The summed E-state index contributed by atoms with van der Waals surface area (Å²) in [7, 11) is 0. The van der Waals surface area contributed by atoms with Gasteiger partial charge >= 0.3 is 11.9 Å². The van der Waals surface area contributed by atoms with Gasteiger partial charge in [-0.25, -0.2) is 4.79 Å². The van der Waals surface area contributed by atoms with Crippen LogP contribution in [0.5, 0.6) is 5.75 Å². The van der Waals surface area contributed by atoms with Crippen LogP contribution in [0.1, 0.15) is 19.4 Å². The van der Waals surface area contributed by atoms with Crippen LogP contribution in [0.25, 0.3) is 0 Å². The minimum atomic E-state index is -0.466. The van der Waals surface area contributed by atoms with Gasteiger partial charge in [0.05, 0.1) is 19.6 Å². The standard InChI is InChI=1S/C14H19NO5/c1-3-18-13(16)8-10-7-11(15)5-6-12(10)20-9-14(17)19-4-2/h5-7H,3-4,8-9,15H2,1-2H3. The first-order chi connectivity index (χ1) is 9.56. The van der Waals surface area contributed by atoms with Crippen LogP contribution in [0.15, 0.2) is 18.2 Å². The molecule has 0 aliphatic rings. The lowest BCUT2D eigenvalue weighted by molar-refractivity contribution is -0.145. The van der Waals surface area contributed by atoms with Crippen LogP contribution in [-0.2, 0) is 25.5 Å². The molecule has 0 spiro atoms. The SMILES string of the molecule is CCOC(=O)COc1ccc(N)cc1CC(=O)OCC. The van der Waals surface area contributed by atoms with Crippen molar-refractivity contribution in [1.82, 2.24) is 0 Å². The zero-order chi connectivity index (χ0) is 15.0. The molecule has 0 saturated carbocycles. The monoisotopic (exact) mass is 281 g/mol.